The minimum atomic E-state index is -0.0474. The monoisotopic (exact) mass is 331 g/mol. The van der Waals surface area contributed by atoms with Gasteiger partial charge in [-0.3, -0.25) is 9.69 Å². The number of hydrogen-bond acceptors (Lipinski definition) is 3. The van der Waals surface area contributed by atoms with Gasteiger partial charge in [-0.1, -0.05) is 41.9 Å². The largest absolute Gasteiger partial charge is 0.329 e. The van der Waals surface area contributed by atoms with Gasteiger partial charge in [-0.15, -0.1) is 0 Å². The molecule has 0 saturated carbocycles. The third-order valence-electron chi connectivity index (χ3n) is 3.50. The van der Waals surface area contributed by atoms with Gasteiger partial charge in [0.15, 0.2) is 0 Å². The number of nitrogens with zero attached hydrogens (tertiary/aromatic N) is 1. The molecule has 0 heterocycles. The van der Waals surface area contributed by atoms with Gasteiger partial charge in [-0.2, -0.15) is 0 Å². The van der Waals surface area contributed by atoms with Gasteiger partial charge in [0.2, 0.25) is 5.91 Å². The van der Waals surface area contributed by atoms with E-state index in [1.165, 1.54) is 5.56 Å². The fourth-order valence-corrected chi connectivity index (χ4v) is 2.45. The third kappa shape index (κ3) is 6.40. The molecule has 1 amide bonds. The lowest BCUT2D eigenvalue weighted by atomic mass is 10.1. The lowest BCUT2D eigenvalue weighted by Crippen LogP contribution is -2.37. The standard InChI is InChI=1S/C18H22ClN3O/c19-16-6-8-17(9-7-16)21-18(23)14-22(13-11-20)12-10-15-4-2-1-3-5-15/h1-9H,10-14,20H2,(H,21,23). The molecule has 0 spiro atoms. The van der Waals surface area contributed by atoms with Gasteiger partial charge < -0.3 is 11.1 Å². The molecule has 4 nitrogen and oxygen atoms in total. The van der Waals surface area contributed by atoms with E-state index < -0.39 is 0 Å². The molecule has 0 saturated heterocycles. The number of hydrogen-bond donors (Lipinski definition) is 2. The molecule has 3 N–H and O–H groups in total. The molecule has 0 aliphatic carbocycles. The van der Waals surface area contributed by atoms with Crippen LogP contribution in [-0.4, -0.2) is 37.0 Å². The average molecular weight is 332 g/mol. The normalized spacial score (nSPS) is 10.7. The fraction of sp³-hybridized carbons (Fsp3) is 0.278. The Labute approximate surface area is 142 Å². The van der Waals surface area contributed by atoms with Crippen molar-refractivity contribution in [2.75, 3.05) is 31.5 Å². The Morgan fingerprint density at radius 2 is 1.74 bits per heavy atom. The second-order valence-corrected chi connectivity index (χ2v) is 5.79. The molecule has 23 heavy (non-hydrogen) atoms. The first-order valence-electron chi connectivity index (χ1n) is 7.69. The van der Waals surface area contributed by atoms with Crippen LogP contribution in [0.1, 0.15) is 5.56 Å². The van der Waals surface area contributed by atoms with E-state index in [4.69, 9.17) is 17.3 Å². The predicted molar refractivity (Wildman–Crippen MR) is 95.7 cm³/mol. The number of amides is 1. The summed E-state index contributed by atoms with van der Waals surface area (Å²) in [6.45, 7) is 2.35. The number of carbonyl (C=O) groups is 1. The van der Waals surface area contributed by atoms with Crippen molar-refractivity contribution in [3.63, 3.8) is 0 Å². The van der Waals surface area contributed by atoms with E-state index in [0.717, 1.165) is 18.7 Å². The molecular formula is C18H22ClN3O. The molecule has 0 aliphatic heterocycles. The van der Waals surface area contributed by atoms with E-state index in [0.29, 0.717) is 24.7 Å². The molecule has 0 atom stereocenters. The number of anilines is 1. The second kappa shape index (κ2) is 9.30. The Bertz CT molecular complexity index is 601. The van der Waals surface area contributed by atoms with Crippen LogP contribution in [0.3, 0.4) is 0 Å². The number of benzene rings is 2. The number of rotatable bonds is 8. The number of nitrogens with one attached hydrogen (secondary N) is 1. The summed E-state index contributed by atoms with van der Waals surface area (Å²) in [5.74, 6) is -0.0474. The summed E-state index contributed by atoms with van der Waals surface area (Å²) in [7, 11) is 0. The number of carbonyl (C=O) groups excluding carboxylic acids is 1. The molecular weight excluding hydrogens is 310 g/mol. The molecule has 0 aliphatic rings. The van der Waals surface area contributed by atoms with E-state index in [2.05, 4.69) is 22.3 Å². The highest BCUT2D eigenvalue weighted by atomic mass is 35.5. The summed E-state index contributed by atoms with van der Waals surface area (Å²) in [5.41, 5.74) is 7.66. The quantitative estimate of drug-likeness (QED) is 0.782. The molecule has 0 radical (unpaired) electrons. The van der Waals surface area contributed by atoms with Crippen LogP contribution in [0, 0.1) is 0 Å². The van der Waals surface area contributed by atoms with Crippen molar-refractivity contribution in [3.8, 4) is 0 Å². The lowest BCUT2D eigenvalue weighted by molar-refractivity contribution is -0.117. The maximum absolute atomic E-state index is 12.2. The van der Waals surface area contributed by atoms with Crippen molar-refractivity contribution >= 4 is 23.2 Å². The molecule has 0 fully saturated rings. The summed E-state index contributed by atoms with van der Waals surface area (Å²) in [6, 6.07) is 17.3. The first-order chi connectivity index (χ1) is 11.2. The zero-order chi connectivity index (χ0) is 16.5. The maximum atomic E-state index is 12.2. The van der Waals surface area contributed by atoms with Gasteiger partial charge in [-0.05, 0) is 36.2 Å². The van der Waals surface area contributed by atoms with Crippen LogP contribution in [0.15, 0.2) is 54.6 Å². The summed E-state index contributed by atoms with van der Waals surface area (Å²) >= 11 is 5.84. The maximum Gasteiger partial charge on any atom is 0.238 e. The molecule has 0 bridgehead atoms. The summed E-state index contributed by atoms with van der Waals surface area (Å²) in [6.07, 6.45) is 0.898. The van der Waals surface area contributed by atoms with Crippen LogP contribution >= 0.6 is 11.6 Å². The van der Waals surface area contributed by atoms with Crippen molar-refractivity contribution in [1.29, 1.82) is 0 Å². The second-order valence-electron chi connectivity index (χ2n) is 5.36. The first kappa shape index (κ1) is 17.5. The van der Waals surface area contributed by atoms with Gasteiger partial charge in [0.05, 0.1) is 6.54 Å². The van der Waals surface area contributed by atoms with E-state index in [1.807, 2.05) is 18.2 Å². The number of halogens is 1. The van der Waals surface area contributed by atoms with Gasteiger partial charge in [0.25, 0.3) is 0 Å². The fourth-order valence-electron chi connectivity index (χ4n) is 2.32. The van der Waals surface area contributed by atoms with Gasteiger partial charge in [0.1, 0.15) is 0 Å². The van der Waals surface area contributed by atoms with Crippen molar-refractivity contribution in [3.05, 3.63) is 65.2 Å². The minimum absolute atomic E-state index is 0.0474. The third-order valence-corrected chi connectivity index (χ3v) is 3.75. The zero-order valence-electron chi connectivity index (χ0n) is 13.0. The molecule has 2 rings (SSSR count). The summed E-state index contributed by atoms with van der Waals surface area (Å²) in [4.78, 5) is 14.2. The van der Waals surface area contributed by atoms with Crippen molar-refractivity contribution in [2.24, 2.45) is 5.73 Å². The Morgan fingerprint density at radius 3 is 2.39 bits per heavy atom. The SMILES string of the molecule is NCCN(CCc1ccccc1)CC(=O)Nc1ccc(Cl)cc1. The van der Waals surface area contributed by atoms with E-state index in [-0.39, 0.29) is 5.91 Å². The number of nitrogens with two attached hydrogens (primary N) is 1. The van der Waals surface area contributed by atoms with Crippen LogP contribution < -0.4 is 11.1 Å². The topological polar surface area (TPSA) is 58.4 Å². The zero-order valence-corrected chi connectivity index (χ0v) is 13.8. The van der Waals surface area contributed by atoms with Crippen molar-refractivity contribution < 1.29 is 4.79 Å². The van der Waals surface area contributed by atoms with Crippen molar-refractivity contribution in [2.45, 2.75) is 6.42 Å². The van der Waals surface area contributed by atoms with Crippen molar-refractivity contribution in [1.82, 2.24) is 4.90 Å². The average Bonchev–Trinajstić information content (AvgIpc) is 2.56. The highest BCUT2D eigenvalue weighted by Crippen LogP contribution is 2.13. The van der Waals surface area contributed by atoms with Crippen LogP contribution in [-0.2, 0) is 11.2 Å². The molecule has 2 aromatic carbocycles. The Morgan fingerprint density at radius 1 is 1.04 bits per heavy atom. The summed E-state index contributed by atoms with van der Waals surface area (Å²) < 4.78 is 0. The summed E-state index contributed by atoms with van der Waals surface area (Å²) in [5, 5.41) is 3.52. The van der Waals surface area contributed by atoms with Gasteiger partial charge >= 0.3 is 0 Å². The Hall–Kier alpha value is -1.88. The molecule has 5 heteroatoms. The van der Waals surface area contributed by atoms with E-state index >= 15 is 0 Å². The molecule has 0 aromatic heterocycles. The molecule has 2 aromatic rings. The highest BCUT2D eigenvalue weighted by molar-refractivity contribution is 6.30. The van der Waals surface area contributed by atoms with Crippen LogP contribution in [0.25, 0.3) is 0 Å². The van der Waals surface area contributed by atoms with Crippen LogP contribution in [0.5, 0.6) is 0 Å². The molecule has 0 unspecified atom stereocenters. The highest BCUT2D eigenvalue weighted by Gasteiger charge is 2.10. The predicted octanol–water partition coefficient (Wildman–Crippen LogP) is 2.78. The van der Waals surface area contributed by atoms with Crippen LogP contribution in [0.2, 0.25) is 5.02 Å². The first-order valence-corrected chi connectivity index (χ1v) is 8.07. The van der Waals surface area contributed by atoms with E-state index in [1.54, 1.807) is 24.3 Å². The smallest absolute Gasteiger partial charge is 0.238 e. The van der Waals surface area contributed by atoms with Crippen LogP contribution in [0.4, 0.5) is 5.69 Å². The molecule has 122 valence electrons. The van der Waals surface area contributed by atoms with E-state index in [9.17, 15) is 4.79 Å². The lowest BCUT2D eigenvalue weighted by Gasteiger charge is -2.21. The Kier molecular flexibility index (Phi) is 7.07. The Balaban J connectivity index is 1.85. The minimum Gasteiger partial charge on any atom is -0.329 e. The van der Waals surface area contributed by atoms with Gasteiger partial charge in [-0.25, -0.2) is 0 Å². The van der Waals surface area contributed by atoms with Gasteiger partial charge in [0, 0.05) is 30.3 Å².